The molecule has 0 aliphatic carbocycles. The Hall–Kier alpha value is -3.29. The number of ether oxygens (including phenoxy) is 1. The maximum absolute atomic E-state index is 11.9. The minimum atomic E-state index is -0.624. The van der Waals surface area contributed by atoms with Crippen LogP contribution in [-0.2, 0) is 6.67 Å². The maximum Gasteiger partial charge on any atom is 0.177 e. The summed E-state index contributed by atoms with van der Waals surface area (Å²) >= 11 is 0. The Labute approximate surface area is 198 Å². The van der Waals surface area contributed by atoms with E-state index in [-0.39, 0.29) is 6.04 Å². The van der Waals surface area contributed by atoms with E-state index in [9.17, 15) is 5.11 Å². The third kappa shape index (κ3) is 3.30. The van der Waals surface area contributed by atoms with Crippen LogP contribution in [0.3, 0.4) is 0 Å². The third-order valence-electron chi connectivity index (χ3n) is 8.18. The molecule has 0 amide bonds. The van der Waals surface area contributed by atoms with Gasteiger partial charge in [-0.2, -0.15) is 4.68 Å². The van der Waals surface area contributed by atoms with Gasteiger partial charge in [0.1, 0.15) is 23.4 Å². The minimum absolute atomic E-state index is 0.0507. The number of pyridine rings is 1. The molecule has 5 heterocycles. The van der Waals surface area contributed by atoms with Crippen LogP contribution in [-0.4, -0.2) is 55.8 Å². The van der Waals surface area contributed by atoms with Gasteiger partial charge in [0.2, 0.25) is 0 Å². The molecule has 2 aromatic heterocycles. The van der Waals surface area contributed by atoms with Crippen molar-refractivity contribution in [2.24, 2.45) is 11.8 Å². The Balaban J connectivity index is 1.43. The van der Waals surface area contributed by atoms with Gasteiger partial charge in [-0.05, 0) is 47.9 Å². The number of piperidine rings is 3. The van der Waals surface area contributed by atoms with Gasteiger partial charge in [-0.3, -0.25) is 9.47 Å². The number of aromatic nitrogens is 4. The van der Waals surface area contributed by atoms with Gasteiger partial charge in [0.25, 0.3) is 0 Å². The van der Waals surface area contributed by atoms with Crippen LogP contribution in [0, 0.1) is 11.8 Å². The summed E-state index contributed by atoms with van der Waals surface area (Å²) in [6.45, 7) is 6.79. The first kappa shape index (κ1) is 21.3. The summed E-state index contributed by atoms with van der Waals surface area (Å²) in [5, 5.41) is 21.8. The molecule has 3 fully saturated rings. The topological polar surface area (TPSA) is 73.1 Å². The molecule has 0 radical (unpaired) electrons. The molecule has 5 atom stereocenters. The van der Waals surface area contributed by atoms with Crippen molar-refractivity contribution in [2.45, 2.75) is 31.7 Å². The van der Waals surface area contributed by atoms with E-state index >= 15 is 0 Å². The molecule has 3 aliphatic heterocycles. The number of rotatable bonds is 6. The van der Waals surface area contributed by atoms with Crippen molar-refractivity contribution in [1.82, 2.24) is 20.0 Å². The highest BCUT2D eigenvalue weighted by Gasteiger charge is 2.54. The molecule has 1 unspecified atom stereocenters. The Morgan fingerprint density at radius 1 is 1.24 bits per heavy atom. The number of para-hydroxylation sites is 1. The van der Waals surface area contributed by atoms with Crippen LogP contribution in [0.2, 0.25) is 0 Å². The molecule has 3 aliphatic rings. The van der Waals surface area contributed by atoms with Crippen molar-refractivity contribution in [3.8, 4) is 5.75 Å². The van der Waals surface area contributed by atoms with Gasteiger partial charge >= 0.3 is 0 Å². The summed E-state index contributed by atoms with van der Waals surface area (Å²) in [7, 11) is 1.66. The predicted molar refractivity (Wildman–Crippen MR) is 131 cm³/mol. The van der Waals surface area contributed by atoms with Crippen LogP contribution in [0.5, 0.6) is 5.75 Å². The molecule has 34 heavy (non-hydrogen) atoms. The number of aliphatic hydroxyl groups is 1. The molecule has 4 aromatic rings. The van der Waals surface area contributed by atoms with Crippen LogP contribution < -0.4 is 4.74 Å². The molecule has 2 bridgehead atoms. The van der Waals surface area contributed by atoms with E-state index in [0.29, 0.717) is 18.5 Å². The first-order chi connectivity index (χ1) is 16.6. The van der Waals surface area contributed by atoms with Crippen LogP contribution in [0.15, 0.2) is 67.4 Å². The zero-order chi connectivity index (χ0) is 23.3. The summed E-state index contributed by atoms with van der Waals surface area (Å²) in [6.07, 6.45) is 5.38. The minimum Gasteiger partial charge on any atom is -0.497 e. The lowest BCUT2D eigenvalue weighted by Crippen LogP contribution is -2.68. The second-order valence-electron chi connectivity index (χ2n) is 9.82. The Bertz CT molecular complexity index is 1370. The molecule has 7 heteroatoms. The van der Waals surface area contributed by atoms with Gasteiger partial charge < -0.3 is 9.84 Å². The van der Waals surface area contributed by atoms with E-state index in [2.05, 4.69) is 34.0 Å². The fourth-order valence-electron chi connectivity index (χ4n) is 6.38. The van der Waals surface area contributed by atoms with Crippen LogP contribution in [0.25, 0.3) is 21.9 Å². The normalized spacial score (nSPS) is 27.2. The maximum atomic E-state index is 11.9. The number of fused-ring (bicyclic) bond motifs is 5. The molecule has 0 spiro atoms. The summed E-state index contributed by atoms with van der Waals surface area (Å²) < 4.78 is 8.26. The first-order valence-corrected chi connectivity index (χ1v) is 12.0. The highest BCUT2D eigenvalue weighted by Crippen LogP contribution is 2.47. The molecule has 1 N–H and O–H groups in total. The van der Waals surface area contributed by atoms with E-state index in [4.69, 9.17) is 4.74 Å². The van der Waals surface area contributed by atoms with E-state index in [1.807, 2.05) is 47.1 Å². The van der Waals surface area contributed by atoms with E-state index in [0.717, 1.165) is 63.7 Å². The number of nitrogens with zero attached hydrogens (tertiary/aromatic N) is 5. The predicted octanol–water partition coefficient (Wildman–Crippen LogP) is 4.09. The standard InChI is InChI=1S/C27H30N5O2/c1-3-18-16-32(17-31-25-7-5-4-6-24(25)29-30-31)13-11-19(18)14-26(32)27(33)21-10-12-28-23-9-8-20(34-2)15-22(21)23/h3-10,12,15,18-19,26-27,33H,1,11,13-14,16-17H2,2H3/q+1/t18-,19-,26-,27+,32?/m0/s1. The molecule has 7 rings (SSSR count). The summed E-state index contributed by atoms with van der Waals surface area (Å²) in [4.78, 5) is 4.52. The fourth-order valence-corrected chi connectivity index (χ4v) is 6.38. The van der Waals surface area contributed by atoms with Crippen molar-refractivity contribution < 1.29 is 14.3 Å². The Morgan fingerprint density at radius 2 is 2.12 bits per heavy atom. The smallest absolute Gasteiger partial charge is 0.177 e. The number of methoxy groups -OCH3 is 1. The first-order valence-electron chi connectivity index (χ1n) is 12.0. The zero-order valence-corrected chi connectivity index (χ0v) is 19.4. The van der Waals surface area contributed by atoms with Gasteiger partial charge in [-0.25, -0.2) is 0 Å². The largest absolute Gasteiger partial charge is 0.497 e. The summed E-state index contributed by atoms with van der Waals surface area (Å²) in [6, 6.07) is 16.0. The zero-order valence-electron chi connectivity index (χ0n) is 19.4. The second-order valence-corrected chi connectivity index (χ2v) is 9.82. The lowest BCUT2D eigenvalue weighted by Gasteiger charge is -2.57. The second kappa shape index (κ2) is 8.18. The SMILES string of the molecule is C=C[C@H]1C[N+]2(Cn3nnc4ccccc43)CC[C@H]1C[C@H]2[C@H](O)c1ccnc2ccc(OC)cc12. The molecule has 2 aromatic carbocycles. The van der Waals surface area contributed by atoms with E-state index in [1.165, 1.54) is 0 Å². The van der Waals surface area contributed by atoms with Gasteiger partial charge in [-0.1, -0.05) is 23.4 Å². The summed E-state index contributed by atoms with van der Waals surface area (Å²) in [5.74, 6) is 1.76. The lowest BCUT2D eigenvalue weighted by atomic mass is 9.71. The van der Waals surface area contributed by atoms with Crippen LogP contribution >= 0.6 is 0 Å². The van der Waals surface area contributed by atoms with Crippen molar-refractivity contribution in [2.75, 3.05) is 20.2 Å². The van der Waals surface area contributed by atoms with E-state index < -0.39 is 6.10 Å². The van der Waals surface area contributed by atoms with E-state index in [1.54, 1.807) is 13.3 Å². The van der Waals surface area contributed by atoms with Crippen LogP contribution in [0.1, 0.15) is 24.5 Å². The monoisotopic (exact) mass is 456 g/mol. The van der Waals surface area contributed by atoms with Gasteiger partial charge in [-0.15, -0.1) is 11.7 Å². The molecular weight excluding hydrogens is 426 g/mol. The number of hydrogen-bond acceptors (Lipinski definition) is 5. The van der Waals surface area contributed by atoms with Crippen molar-refractivity contribution in [1.29, 1.82) is 0 Å². The summed E-state index contributed by atoms with van der Waals surface area (Å²) in [5.41, 5.74) is 3.71. The number of aliphatic hydroxyl groups excluding tert-OH is 1. The average molecular weight is 457 g/mol. The molecule has 7 nitrogen and oxygen atoms in total. The number of hydrogen-bond donors (Lipinski definition) is 1. The van der Waals surface area contributed by atoms with Crippen molar-refractivity contribution >= 4 is 21.9 Å². The highest BCUT2D eigenvalue weighted by molar-refractivity contribution is 5.84. The lowest BCUT2D eigenvalue weighted by molar-refractivity contribution is -0.992. The molecule has 3 saturated heterocycles. The molecule has 174 valence electrons. The third-order valence-corrected chi connectivity index (χ3v) is 8.18. The van der Waals surface area contributed by atoms with Gasteiger partial charge in [0.15, 0.2) is 6.67 Å². The number of quaternary nitrogens is 1. The van der Waals surface area contributed by atoms with Gasteiger partial charge in [0.05, 0.1) is 31.2 Å². The Kier molecular flexibility index (Phi) is 5.12. The Morgan fingerprint density at radius 3 is 2.97 bits per heavy atom. The van der Waals surface area contributed by atoms with Crippen LogP contribution in [0.4, 0.5) is 0 Å². The van der Waals surface area contributed by atoms with Gasteiger partial charge in [0, 0.05) is 30.3 Å². The molecule has 0 saturated carbocycles. The molecular formula is C27H30N5O2+. The quantitative estimate of drug-likeness (QED) is 0.349. The number of benzene rings is 2. The average Bonchev–Trinajstić information content (AvgIpc) is 3.29. The van der Waals surface area contributed by atoms with Crippen molar-refractivity contribution in [3.05, 3.63) is 72.9 Å². The van der Waals surface area contributed by atoms with Crippen molar-refractivity contribution in [3.63, 3.8) is 0 Å². The highest BCUT2D eigenvalue weighted by atomic mass is 16.5. The fraction of sp³-hybridized carbons (Fsp3) is 0.370.